The Labute approximate surface area is 226 Å². The van der Waals surface area contributed by atoms with Crippen molar-refractivity contribution in [3.05, 3.63) is 72.3 Å². The molecule has 4 heteroatoms. The van der Waals surface area contributed by atoms with Gasteiger partial charge in [0.15, 0.2) is 0 Å². The van der Waals surface area contributed by atoms with E-state index < -0.39 is 8.07 Å². The molecule has 0 amide bonds. The van der Waals surface area contributed by atoms with E-state index in [1.807, 2.05) is 0 Å². The van der Waals surface area contributed by atoms with Crippen molar-refractivity contribution in [2.24, 2.45) is 5.92 Å². The smallest absolute Gasteiger partial charge is 0.330 e. The van der Waals surface area contributed by atoms with Crippen LogP contribution < -0.4 is 9.92 Å². The van der Waals surface area contributed by atoms with Gasteiger partial charge in [0, 0.05) is 6.08 Å². The Balaban J connectivity index is 1.39. The number of esters is 1. The van der Waals surface area contributed by atoms with E-state index in [-0.39, 0.29) is 5.97 Å². The van der Waals surface area contributed by atoms with Crippen molar-refractivity contribution < 1.29 is 14.3 Å². The number of ether oxygens (including phenoxy) is 2. The predicted octanol–water partition coefficient (Wildman–Crippen LogP) is 8.13. The van der Waals surface area contributed by atoms with Gasteiger partial charge in [-0.2, -0.15) is 0 Å². The van der Waals surface area contributed by atoms with Gasteiger partial charge in [-0.1, -0.05) is 86.6 Å². The molecule has 0 aliphatic heterocycles. The molecule has 0 N–H and O–H groups in total. The summed E-state index contributed by atoms with van der Waals surface area (Å²) in [4.78, 5) is 11.0. The third-order valence-corrected chi connectivity index (χ3v) is 11.2. The number of rotatable bonds is 15. The molecule has 1 aliphatic carbocycles. The van der Waals surface area contributed by atoms with E-state index >= 15 is 0 Å². The van der Waals surface area contributed by atoms with Crippen LogP contribution in [0, 0.1) is 5.92 Å². The van der Waals surface area contributed by atoms with Crippen LogP contribution in [0.4, 0.5) is 0 Å². The molecule has 0 radical (unpaired) electrons. The second-order valence-electron chi connectivity index (χ2n) is 11.5. The summed E-state index contributed by atoms with van der Waals surface area (Å²) < 4.78 is 10.9. The Bertz CT molecular complexity index is 941. The minimum Gasteiger partial charge on any atom is -0.494 e. The summed E-state index contributed by atoms with van der Waals surface area (Å²) >= 11 is 0. The lowest BCUT2D eigenvalue weighted by atomic mass is 9.77. The van der Waals surface area contributed by atoms with Gasteiger partial charge >= 0.3 is 5.97 Å². The van der Waals surface area contributed by atoms with Crippen LogP contribution in [-0.2, 0) is 15.6 Å². The molecule has 3 nitrogen and oxygen atoms in total. The topological polar surface area (TPSA) is 35.5 Å². The van der Waals surface area contributed by atoms with Crippen molar-refractivity contribution in [1.82, 2.24) is 0 Å². The van der Waals surface area contributed by atoms with E-state index in [0.717, 1.165) is 55.9 Å². The number of carbonyl (C=O) groups excluding carboxylic acids is 1. The van der Waals surface area contributed by atoms with Crippen molar-refractivity contribution >= 4 is 19.2 Å². The van der Waals surface area contributed by atoms with E-state index in [1.54, 1.807) is 10.8 Å². The van der Waals surface area contributed by atoms with Crippen LogP contribution in [0.5, 0.6) is 5.75 Å². The van der Waals surface area contributed by atoms with Gasteiger partial charge in [-0.15, -0.1) is 0 Å². The zero-order valence-electron chi connectivity index (χ0n) is 23.5. The molecule has 2 aromatic rings. The van der Waals surface area contributed by atoms with E-state index in [1.165, 1.54) is 50.2 Å². The first-order valence-corrected chi connectivity index (χ1v) is 17.7. The molecule has 0 bridgehead atoms. The van der Waals surface area contributed by atoms with E-state index in [9.17, 15) is 4.79 Å². The molecule has 37 heavy (non-hydrogen) atoms. The highest BCUT2D eigenvalue weighted by Gasteiger charge is 2.25. The average molecular weight is 521 g/mol. The highest BCUT2D eigenvalue weighted by atomic mass is 28.3. The minimum absolute atomic E-state index is 0.342. The van der Waals surface area contributed by atoms with Gasteiger partial charge in [0.2, 0.25) is 0 Å². The van der Waals surface area contributed by atoms with Crippen molar-refractivity contribution in [3.8, 4) is 5.75 Å². The van der Waals surface area contributed by atoms with Crippen LogP contribution in [0.3, 0.4) is 0 Å². The Hall–Kier alpha value is -2.33. The lowest BCUT2D eigenvalue weighted by molar-refractivity contribution is -0.137. The molecule has 0 aromatic heterocycles. The summed E-state index contributed by atoms with van der Waals surface area (Å²) in [7, 11) is -1.57. The molecular formula is C33H48O3Si. The van der Waals surface area contributed by atoms with Crippen LogP contribution in [0.25, 0.3) is 0 Å². The standard InChI is InChI=1S/C33H48O3Si/c1-5-11-27-12-16-29(17-13-27)30-18-22-32(23-19-30)37(3,4)26-28-14-20-31(21-15-28)35-24-9-7-8-10-25-36-33(34)6-2/h6,14-15,18-23,27,29H,2,5,7-13,16-17,24-26H2,1,3-4H3. The van der Waals surface area contributed by atoms with Gasteiger partial charge in [-0.25, -0.2) is 4.79 Å². The Kier molecular flexibility index (Phi) is 12.0. The Morgan fingerprint density at radius 1 is 0.919 bits per heavy atom. The van der Waals surface area contributed by atoms with Crippen molar-refractivity contribution in [2.75, 3.05) is 13.2 Å². The van der Waals surface area contributed by atoms with E-state index in [0.29, 0.717) is 6.61 Å². The zero-order chi connectivity index (χ0) is 26.5. The third-order valence-electron chi connectivity index (χ3n) is 8.00. The van der Waals surface area contributed by atoms with Crippen molar-refractivity contribution in [3.63, 3.8) is 0 Å². The monoisotopic (exact) mass is 520 g/mol. The largest absolute Gasteiger partial charge is 0.494 e. The van der Waals surface area contributed by atoms with Gasteiger partial charge in [-0.3, -0.25) is 0 Å². The van der Waals surface area contributed by atoms with Gasteiger partial charge in [0.25, 0.3) is 0 Å². The third kappa shape index (κ3) is 9.81. The fourth-order valence-corrected chi connectivity index (χ4v) is 8.22. The molecule has 2 aromatic carbocycles. The fraction of sp³-hybridized carbons (Fsp3) is 0.545. The van der Waals surface area contributed by atoms with Gasteiger partial charge in [-0.05, 0) is 86.9 Å². The molecule has 0 atom stereocenters. The van der Waals surface area contributed by atoms with E-state index in [4.69, 9.17) is 9.47 Å². The summed E-state index contributed by atoms with van der Waals surface area (Å²) in [5, 5.41) is 1.55. The number of unbranched alkanes of at least 4 members (excludes halogenated alkanes) is 3. The predicted molar refractivity (Wildman–Crippen MR) is 158 cm³/mol. The molecule has 0 saturated heterocycles. The lowest BCUT2D eigenvalue weighted by Crippen LogP contribution is -2.44. The van der Waals surface area contributed by atoms with Crippen LogP contribution in [0.1, 0.15) is 88.2 Å². The number of hydrogen-bond donors (Lipinski definition) is 0. The van der Waals surface area contributed by atoms with Crippen molar-refractivity contribution in [2.45, 2.75) is 96.2 Å². The number of hydrogen-bond acceptors (Lipinski definition) is 3. The van der Waals surface area contributed by atoms with Gasteiger partial charge in [0.05, 0.1) is 21.3 Å². The fourth-order valence-electron chi connectivity index (χ4n) is 5.69. The number of benzene rings is 2. The summed E-state index contributed by atoms with van der Waals surface area (Å²) in [6.45, 7) is 11.9. The molecule has 0 heterocycles. The summed E-state index contributed by atoms with van der Waals surface area (Å²) in [6.07, 6.45) is 13.5. The summed E-state index contributed by atoms with van der Waals surface area (Å²) in [5.74, 6) is 2.34. The highest BCUT2D eigenvalue weighted by Crippen LogP contribution is 2.37. The van der Waals surface area contributed by atoms with Crippen LogP contribution in [-0.4, -0.2) is 27.3 Å². The molecule has 202 valence electrons. The molecule has 0 spiro atoms. The molecule has 0 unspecified atom stereocenters. The average Bonchev–Trinajstić information content (AvgIpc) is 2.91. The quantitative estimate of drug-likeness (QED) is 0.103. The lowest BCUT2D eigenvalue weighted by Gasteiger charge is -2.29. The second-order valence-corrected chi connectivity index (χ2v) is 16.2. The normalized spacial score (nSPS) is 17.8. The van der Waals surface area contributed by atoms with E-state index in [2.05, 4.69) is 75.1 Å². The first-order valence-electron chi connectivity index (χ1n) is 14.5. The molecule has 1 fully saturated rings. The Morgan fingerprint density at radius 3 is 2.19 bits per heavy atom. The molecular weight excluding hydrogens is 472 g/mol. The first kappa shape index (κ1) is 29.2. The van der Waals surface area contributed by atoms with Gasteiger partial charge < -0.3 is 9.47 Å². The maximum atomic E-state index is 11.0. The van der Waals surface area contributed by atoms with Crippen LogP contribution in [0.2, 0.25) is 13.1 Å². The summed E-state index contributed by atoms with van der Waals surface area (Å²) in [6, 6.07) is 19.6. The summed E-state index contributed by atoms with van der Waals surface area (Å²) in [5.41, 5.74) is 2.96. The highest BCUT2D eigenvalue weighted by molar-refractivity contribution is 6.89. The van der Waals surface area contributed by atoms with Crippen molar-refractivity contribution in [1.29, 1.82) is 0 Å². The Morgan fingerprint density at radius 2 is 1.57 bits per heavy atom. The van der Waals surface area contributed by atoms with Crippen LogP contribution in [0.15, 0.2) is 61.2 Å². The molecule has 3 rings (SSSR count). The maximum absolute atomic E-state index is 11.0. The molecule has 1 aliphatic rings. The van der Waals surface area contributed by atoms with Gasteiger partial charge in [0.1, 0.15) is 5.75 Å². The minimum atomic E-state index is -1.57. The second kappa shape index (κ2) is 15.2. The maximum Gasteiger partial charge on any atom is 0.330 e. The SMILES string of the molecule is C=CC(=O)OCCCCCCOc1ccc(C[Si](C)(C)c2ccc(C3CCC(CCC)CC3)cc2)cc1. The zero-order valence-corrected chi connectivity index (χ0v) is 24.5. The van der Waals surface area contributed by atoms with Crippen LogP contribution >= 0.6 is 0 Å². The molecule has 1 saturated carbocycles. The first-order chi connectivity index (χ1) is 17.9. The number of carbonyl (C=O) groups is 1.